The molecule has 1 saturated heterocycles. The summed E-state index contributed by atoms with van der Waals surface area (Å²) >= 11 is 0. The molecule has 1 atom stereocenters. The number of nitrogens with two attached hydrogens (primary N) is 1. The molecule has 1 aromatic rings. The first kappa shape index (κ1) is 22.2. The van der Waals surface area contributed by atoms with Gasteiger partial charge in [0.05, 0.1) is 25.2 Å². The number of hydrogen-bond acceptors (Lipinski definition) is 5. The Morgan fingerprint density at radius 1 is 1.29 bits per heavy atom. The van der Waals surface area contributed by atoms with Gasteiger partial charge < -0.3 is 25.4 Å². The number of para-hydroxylation sites is 1. The molecule has 28 heavy (non-hydrogen) atoms. The lowest BCUT2D eigenvalue weighted by molar-refractivity contribution is -0.134. The molecule has 1 heterocycles. The third kappa shape index (κ3) is 6.80. The van der Waals surface area contributed by atoms with Crippen LogP contribution in [0.5, 0.6) is 5.75 Å². The molecule has 0 radical (unpaired) electrons. The van der Waals surface area contributed by atoms with Crippen LogP contribution in [-0.2, 0) is 14.3 Å². The van der Waals surface area contributed by atoms with Crippen molar-refractivity contribution in [2.24, 2.45) is 5.73 Å². The van der Waals surface area contributed by atoms with Crippen LogP contribution >= 0.6 is 0 Å². The predicted molar refractivity (Wildman–Crippen MR) is 108 cm³/mol. The van der Waals surface area contributed by atoms with E-state index in [4.69, 9.17) is 15.2 Å². The van der Waals surface area contributed by atoms with E-state index in [2.05, 4.69) is 5.32 Å². The van der Waals surface area contributed by atoms with Gasteiger partial charge in [-0.1, -0.05) is 18.2 Å². The number of nitrogens with zero attached hydrogens (tertiary/aromatic N) is 1. The third-order valence-electron chi connectivity index (χ3n) is 4.85. The minimum atomic E-state index is -0.411. The smallest absolute Gasteiger partial charge is 0.224 e. The van der Waals surface area contributed by atoms with Gasteiger partial charge in [0.25, 0.3) is 0 Å². The molecule has 0 spiro atoms. The first-order valence-electron chi connectivity index (χ1n) is 10.1. The summed E-state index contributed by atoms with van der Waals surface area (Å²) in [5.41, 5.74) is 6.32. The number of benzene rings is 1. The Bertz CT molecular complexity index is 630. The molecule has 0 aliphatic carbocycles. The minimum absolute atomic E-state index is 0.0328. The first-order chi connectivity index (χ1) is 13.5. The Kier molecular flexibility index (Phi) is 9.23. The zero-order chi connectivity index (χ0) is 20.4. The lowest BCUT2D eigenvalue weighted by atomic mass is 10.0. The van der Waals surface area contributed by atoms with Crippen LogP contribution in [0.4, 0.5) is 0 Å². The lowest BCUT2D eigenvalue weighted by Gasteiger charge is -2.33. The summed E-state index contributed by atoms with van der Waals surface area (Å²) in [7, 11) is 0. The summed E-state index contributed by atoms with van der Waals surface area (Å²) < 4.78 is 11.5. The average molecular weight is 392 g/mol. The largest absolute Gasteiger partial charge is 0.494 e. The standard InChI is InChI=1S/C21H33N3O4/c1-3-27-20-8-5-4-7-18(20)19(23-16(2)25)15-21(26)24-12-9-17(10-13-24)28-14-6-11-22/h4-5,7-8,17,19H,3,6,9-15,22H2,1-2H3,(H,23,25). The maximum atomic E-state index is 12.9. The maximum Gasteiger partial charge on any atom is 0.224 e. The highest BCUT2D eigenvalue weighted by Gasteiger charge is 2.27. The van der Waals surface area contributed by atoms with Crippen LogP contribution in [-0.4, -0.2) is 55.7 Å². The second-order valence-corrected chi connectivity index (χ2v) is 7.02. The number of carbonyl (C=O) groups excluding carboxylic acids is 2. The molecule has 0 aromatic heterocycles. The van der Waals surface area contributed by atoms with E-state index in [1.807, 2.05) is 36.1 Å². The zero-order valence-electron chi connectivity index (χ0n) is 17.0. The van der Waals surface area contributed by atoms with Crippen LogP contribution in [0.2, 0.25) is 0 Å². The molecule has 2 rings (SSSR count). The van der Waals surface area contributed by atoms with Crippen molar-refractivity contribution in [2.45, 2.75) is 51.7 Å². The topological polar surface area (TPSA) is 93.9 Å². The summed E-state index contributed by atoms with van der Waals surface area (Å²) in [4.78, 5) is 26.5. The molecule has 7 heteroatoms. The fourth-order valence-corrected chi connectivity index (χ4v) is 3.45. The normalized spacial score (nSPS) is 15.9. The Morgan fingerprint density at radius 2 is 2.00 bits per heavy atom. The Balaban J connectivity index is 1.98. The van der Waals surface area contributed by atoms with Gasteiger partial charge in [0, 0.05) is 32.2 Å². The van der Waals surface area contributed by atoms with E-state index in [9.17, 15) is 9.59 Å². The number of likely N-dealkylation sites (tertiary alicyclic amines) is 1. The average Bonchev–Trinajstić information content (AvgIpc) is 2.68. The quantitative estimate of drug-likeness (QED) is 0.595. The highest BCUT2D eigenvalue weighted by atomic mass is 16.5. The molecule has 0 saturated carbocycles. The SMILES string of the molecule is CCOc1ccccc1C(CC(=O)N1CCC(OCCCN)CC1)NC(C)=O. The van der Waals surface area contributed by atoms with Crippen molar-refractivity contribution in [3.05, 3.63) is 29.8 Å². The number of nitrogens with one attached hydrogen (secondary N) is 1. The summed E-state index contributed by atoms with van der Waals surface area (Å²) in [5, 5.41) is 2.91. The van der Waals surface area contributed by atoms with Gasteiger partial charge in [0.15, 0.2) is 0 Å². The van der Waals surface area contributed by atoms with Crippen LogP contribution in [0.1, 0.15) is 51.1 Å². The van der Waals surface area contributed by atoms with Crippen molar-refractivity contribution in [3.63, 3.8) is 0 Å². The van der Waals surface area contributed by atoms with Crippen molar-refractivity contribution in [1.82, 2.24) is 10.2 Å². The molecular weight excluding hydrogens is 358 g/mol. The van der Waals surface area contributed by atoms with E-state index in [1.54, 1.807) is 0 Å². The molecule has 1 aliphatic rings. The molecule has 3 N–H and O–H groups in total. The monoisotopic (exact) mass is 391 g/mol. The summed E-state index contributed by atoms with van der Waals surface area (Å²) in [5.74, 6) is 0.560. The van der Waals surface area contributed by atoms with Crippen molar-refractivity contribution >= 4 is 11.8 Å². The molecule has 2 amide bonds. The molecule has 1 fully saturated rings. The lowest BCUT2D eigenvalue weighted by Crippen LogP contribution is -2.42. The predicted octanol–water partition coefficient (Wildman–Crippen LogP) is 2.01. The van der Waals surface area contributed by atoms with Crippen LogP contribution in [0.25, 0.3) is 0 Å². The Morgan fingerprint density at radius 3 is 2.64 bits per heavy atom. The molecule has 0 bridgehead atoms. The van der Waals surface area contributed by atoms with Crippen LogP contribution in [0, 0.1) is 0 Å². The van der Waals surface area contributed by atoms with Gasteiger partial charge >= 0.3 is 0 Å². The van der Waals surface area contributed by atoms with Gasteiger partial charge in [-0.05, 0) is 38.8 Å². The second-order valence-electron chi connectivity index (χ2n) is 7.02. The highest BCUT2D eigenvalue weighted by Crippen LogP contribution is 2.28. The zero-order valence-corrected chi connectivity index (χ0v) is 17.0. The van der Waals surface area contributed by atoms with Crippen LogP contribution < -0.4 is 15.8 Å². The highest BCUT2D eigenvalue weighted by molar-refractivity contribution is 5.79. The number of piperidine rings is 1. The van der Waals surface area contributed by atoms with E-state index in [0.29, 0.717) is 38.6 Å². The Labute approximate surface area is 167 Å². The molecule has 156 valence electrons. The summed E-state index contributed by atoms with van der Waals surface area (Å²) in [6, 6.07) is 7.13. The van der Waals surface area contributed by atoms with Gasteiger partial charge in [-0.2, -0.15) is 0 Å². The van der Waals surface area contributed by atoms with Gasteiger partial charge in [0.1, 0.15) is 5.75 Å². The van der Waals surface area contributed by atoms with Gasteiger partial charge in [0.2, 0.25) is 11.8 Å². The van der Waals surface area contributed by atoms with E-state index in [0.717, 1.165) is 24.8 Å². The fraction of sp³-hybridized carbons (Fsp3) is 0.619. The van der Waals surface area contributed by atoms with Crippen LogP contribution in [0.15, 0.2) is 24.3 Å². The maximum absolute atomic E-state index is 12.9. The minimum Gasteiger partial charge on any atom is -0.494 e. The molecular formula is C21H33N3O4. The Hall–Kier alpha value is -2.12. The van der Waals surface area contributed by atoms with E-state index in [-0.39, 0.29) is 24.3 Å². The van der Waals surface area contributed by atoms with E-state index in [1.165, 1.54) is 6.92 Å². The summed E-state index contributed by atoms with van der Waals surface area (Å²) in [6.45, 7) is 6.55. The fourth-order valence-electron chi connectivity index (χ4n) is 3.45. The molecule has 1 aromatic carbocycles. The third-order valence-corrected chi connectivity index (χ3v) is 4.85. The van der Waals surface area contributed by atoms with Crippen molar-refractivity contribution in [1.29, 1.82) is 0 Å². The van der Waals surface area contributed by atoms with Crippen molar-refractivity contribution in [3.8, 4) is 5.75 Å². The molecule has 1 aliphatic heterocycles. The molecule has 7 nitrogen and oxygen atoms in total. The number of rotatable bonds is 10. The second kappa shape index (κ2) is 11.7. The van der Waals surface area contributed by atoms with Gasteiger partial charge in [-0.3, -0.25) is 9.59 Å². The van der Waals surface area contributed by atoms with Gasteiger partial charge in [-0.25, -0.2) is 0 Å². The number of ether oxygens (including phenoxy) is 2. The van der Waals surface area contributed by atoms with Crippen molar-refractivity contribution in [2.75, 3.05) is 32.8 Å². The van der Waals surface area contributed by atoms with E-state index >= 15 is 0 Å². The first-order valence-corrected chi connectivity index (χ1v) is 10.1. The number of amides is 2. The summed E-state index contributed by atoms with van der Waals surface area (Å²) in [6.07, 6.45) is 2.92. The molecule has 1 unspecified atom stereocenters. The van der Waals surface area contributed by atoms with E-state index < -0.39 is 6.04 Å². The number of hydrogen-bond donors (Lipinski definition) is 2. The van der Waals surface area contributed by atoms with Gasteiger partial charge in [-0.15, -0.1) is 0 Å². The van der Waals surface area contributed by atoms with Crippen LogP contribution in [0.3, 0.4) is 0 Å². The van der Waals surface area contributed by atoms with Crippen molar-refractivity contribution < 1.29 is 19.1 Å². The number of carbonyl (C=O) groups is 2.